The minimum absolute atomic E-state index is 0.0488. The number of aryl methyl sites for hydroxylation is 1. The topological polar surface area (TPSA) is 39.8 Å². The van der Waals surface area contributed by atoms with Crippen LogP contribution >= 0.6 is 0 Å². The molecular formula is C16H17N3O. The van der Waals surface area contributed by atoms with E-state index in [9.17, 15) is 4.79 Å². The van der Waals surface area contributed by atoms with Gasteiger partial charge in [-0.3, -0.25) is 14.1 Å². The van der Waals surface area contributed by atoms with Gasteiger partial charge in [0.15, 0.2) is 0 Å². The van der Waals surface area contributed by atoms with E-state index in [1.54, 1.807) is 15.3 Å². The van der Waals surface area contributed by atoms with E-state index in [0.29, 0.717) is 6.54 Å². The molecule has 0 atom stereocenters. The molecule has 0 fully saturated rings. The smallest absolute Gasteiger partial charge is 0.299 e. The van der Waals surface area contributed by atoms with Gasteiger partial charge in [-0.05, 0) is 24.1 Å². The first-order valence-electron chi connectivity index (χ1n) is 6.88. The Labute approximate surface area is 117 Å². The predicted octanol–water partition coefficient (Wildman–Crippen LogP) is 2.66. The van der Waals surface area contributed by atoms with Crippen LogP contribution in [0.2, 0.25) is 0 Å². The first-order valence-corrected chi connectivity index (χ1v) is 6.88. The highest BCUT2D eigenvalue weighted by molar-refractivity contribution is 5.81. The van der Waals surface area contributed by atoms with Crippen molar-refractivity contribution in [2.75, 3.05) is 0 Å². The Balaban J connectivity index is 1.99. The number of rotatable bonds is 4. The van der Waals surface area contributed by atoms with Crippen LogP contribution in [0.25, 0.3) is 10.9 Å². The second-order valence-corrected chi connectivity index (χ2v) is 4.89. The van der Waals surface area contributed by atoms with Crippen molar-refractivity contribution in [3.05, 3.63) is 65.0 Å². The summed E-state index contributed by atoms with van der Waals surface area (Å²) in [6.45, 7) is 3.42. The maximum absolute atomic E-state index is 12.2. The van der Waals surface area contributed by atoms with Crippen molar-refractivity contribution in [3.63, 3.8) is 0 Å². The molecule has 0 spiro atoms. The lowest BCUT2D eigenvalue weighted by atomic mass is 10.1. The quantitative estimate of drug-likeness (QED) is 0.729. The molecule has 0 bridgehead atoms. The third kappa shape index (κ3) is 2.25. The van der Waals surface area contributed by atoms with Crippen LogP contribution in [0.15, 0.2) is 53.7 Å². The van der Waals surface area contributed by atoms with Crippen LogP contribution in [0.4, 0.5) is 0 Å². The van der Waals surface area contributed by atoms with Crippen molar-refractivity contribution in [2.24, 2.45) is 0 Å². The Kier molecular flexibility index (Phi) is 3.37. The Morgan fingerprint density at radius 1 is 1.10 bits per heavy atom. The normalized spacial score (nSPS) is 11.1. The van der Waals surface area contributed by atoms with Gasteiger partial charge in [0, 0.05) is 30.5 Å². The SMILES string of the molecule is CCCn1ccn(Cc2ccnc3ccccc23)c1=O. The average molecular weight is 267 g/mol. The third-order valence-electron chi connectivity index (χ3n) is 3.46. The summed E-state index contributed by atoms with van der Waals surface area (Å²) >= 11 is 0. The van der Waals surface area contributed by atoms with E-state index in [1.807, 2.05) is 42.7 Å². The van der Waals surface area contributed by atoms with Crippen LogP contribution in [-0.2, 0) is 13.1 Å². The van der Waals surface area contributed by atoms with Gasteiger partial charge in [0.25, 0.3) is 0 Å². The molecule has 20 heavy (non-hydrogen) atoms. The summed E-state index contributed by atoms with van der Waals surface area (Å²) in [6.07, 6.45) is 6.47. The van der Waals surface area contributed by atoms with Crippen molar-refractivity contribution in [1.82, 2.24) is 14.1 Å². The molecule has 0 amide bonds. The number of aromatic nitrogens is 3. The van der Waals surface area contributed by atoms with Gasteiger partial charge in [-0.2, -0.15) is 0 Å². The van der Waals surface area contributed by atoms with E-state index in [0.717, 1.165) is 29.4 Å². The zero-order valence-electron chi connectivity index (χ0n) is 11.5. The standard InChI is InChI=1S/C16H17N3O/c1-2-9-18-10-11-19(16(18)20)12-13-7-8-17-15-6-4-3-5-14(13)15/h3-8,10-11H,2,9,12H2,1H3. The Bertz CT molecular complexity index is 780. The van der Waals surface area contributed by atoms with Gasteiger partial charge < -0.3 is 0 Å². The van der Waals surface area contributed by atoms with Crippen LogP contribution < -0.4 is 5.69 Å². The van der Waals surface area contributed by atoms with Gasteiger partial charge in [0.2, 0.25) is 0 Å². The highest BCUT2D eigenvalue weighted by Gasteiger charge is 2.06. The Morgan fingerprint density at radius 3 is 2.75 bits per heavy atom. The summed E-state index contributed by atoms with van der Waals surface area (Å²) in [5.41, 5.74) is 2.13. The minimum Gasteiger partial charge on any atom is -0.299 e. The van der Waals surface area contributed by atoms with Crippen molar-refractivity contribution in [3.8, 4) is 0 Å². The fraction of sp³-hybridized carbons (Fsp3) is 0.250. The van der Waals surface area contributed by atoms with Crippen LogP contribution in [0, 0.1) is 0 Å². The maximum Gasteiger partial charge on any atom is 0.328 e. The van der Waals surface area contributed by atoms with Gasteiger partial charge in [-0.1, -0.05) is 25.1 Å². The van der Waals surface area contributed by atoms with E-state index in [1.165, 1.54) is 0 Å². The third-order valence-corrected chi connectivity index (χ3v) is 3.46. The number of hydrogen-bond donors (Lipinski definition) is 0. The number of hydrogen-bond acceptors (Lipinski definition) is 2. The molecule has 0 aliphatic heterocycles. The summed E-state index contributed by atoms with van der Waals surface area (Å²) in [4.78, 5) is 16.6. The summed E-state index contributed by atoms with van der Waals surface area (Å²) in [6, 6.07) is 9.99. The number of nitrogens with zero attached hydrogens (tertiary/aromatic N) is 3. The van der Waals surface area contributed by atoms with Crippen LogP contribution in [0.3, 0.4) is 0 Å². The molecule has 4 nitrogen and oxygen atoms in total. The largest absolute Gasteiger partial charge is 0.328 e. The van der Waals surface area contributed by atoms with Crippen molar-refractivity contribution >= 4 is 10.9 Å². The first-order chi connectivity index (χ1) is 9.79. The summed E-state index contributed by atoms with van der Waals surface area (Å²) in [5.74, 6) is 0. The lowest BCUT2D eigenvalue weighted by Gasteiger charge is -2.06. The average Bonchev–Trinajstić information content (AvgIpc) is 2.81. The van der Waals surface area contributed by atoms with Gasteiger partial charge in [0.05, 0.1) is 12.1 Å². The molecule has 3 aromatic rings. The number of fused-ring (bicyclic) bond motifs is 1. The van der Waals surface area contributed by atoms with Crippen molar-refractivity contribution in [1.29, 1.82) is 0 Å². The zero-order chi connectivity index (χ0) is 13.9. The van der Waals surface area contributed by atoms with Crippen molar-refractivity contribution < 1.29 is 0 Å². The second kappa shape index (κ2) is 5.33. The molecule has 0 saturated heterocycles. The van der Waals surface area contributed by atoms with Gasteiger partial charge in [-0.25, -0.2) is 4.79 Å². The fourth-order valence-corrected chi connectivity index (χ4v) is 2.46. The van der Waals surface area contributed by atoms with E-state index < -0.39 is 0 Å². The van der Waals surface area contributed by atoms with Gasteiger partial charge >= 0.3 is 5.69 Å². The number of para-hydroxylation sites is 1. The molecular weight excluding hydrogens is 250 g/mol. The molecule has 1 aromatic carbocycles. The van der Waals surface area contributed by atoms with E-state index in [4.69, 9.17) is 0 Å². The molecule has 0 unspecified atom stereocenters. The molecule has 0 N–H and O–H groups in total. The van der Waals surface area contributed by atoms with Crippen LogP contribution in [-0.4, -0.2) is 14.1 Å². The van der Waals surface area contributed by atoms with E-state index in [-0.39, 0.29) is 5.69 Å². The molecule has 102 valence electrons. The number of imidazole rings is 1. The summed E-state index contributed by atoms with van der Waals surface area (Å²) < 4.78 is 3.50. The summed E-state index contributed by atoms with van der Waals surface area (Å²) in [7, 11) is 0. The van der Waals surface area contributed by atoms with Crippen molar-refractivity contribution in [2.45, 2.75) is 26.4 Å². The highest BCUT2D eigenvalue weighted by atomic mass is 16.1. The number of pyridine rings is 1. The van der Waals surface area contributed by atoms with E-state index >= 15 is 0 Å². The van der Waals surface area contributed by atoms with Crippen LogP contribution in [0.5, 0.6) is 0 Å². The lowest BCUT2D eigenvalue weighted by molar-refractivity contribution is 0.624. The summed E-state index contributed by atoms with van der Waals surface area (Å²) in [5, 5.41) is 1.10. The number of benzene rings is 1. The highest BCUT2D eigenvalue weighted by Crippen LogP contribution is 2.16. The van der Waals surface area contributed by atoms with E-state index in [2.05, 4.69) is 11.9 Å². The van der Waals surface area contributed by atoms with Crippen LogP contribution in [0.1, 0.15) is 18.9 Å². The molecule has 2 aromatic heterocycles. The predicted molar refractivity (Wildman–Crippen MR) is 79.8 cm³/mol. The molecule has 3 rings (SSSR count). The Morgan fingerprint density at radius 2 is 1.90 bits per heavy atom. The second-order valence-electron chi connectivity index (χ2n) is 4.89. The molecule has 0 radical (unpaired) electrons. The monoisotopic (exact) mass is 267 g/mol. The minimum atomic E-state index is 0.0488. The Hall–Kier alpha value is -2.36. The maximum atomic E-state index is 12.2. The molecule has 2 heterocycles. The molecule has 0 aliphatic rings. The van der Waals surface area contributed by atoms with Gasteiger partial charge in [0.1, 0.15) is 0 Å². The molecule has 0 aliphatic carbocycles. The molecule has 0 saturated carbocycles. The first kappa shape index (κ1) is 12.7. The zero-order valence-corrected chi connectivity index (χ0v) is 11.5. The molecule has 4 heteroatoms. The lowest BCUT2D eigenvalue weighted by Crippen LogP contribution is -2.24. The fourth-order valence-electron chi connectivity index (χ4n) is 2.46. The van der Waals surface area contributed by atoms with Gasteiger partial charge in [-0.15, -0.1) is 0 Å².